The van der Waals surface area contributed by atoms with Gasteiger partial charge in [0.05, 0.1) is 19.8 Å². The second-order valence-corrected chi connectivity index (χ2v) is 5.58. The van der Waals surface area contributed by atoms with Crippen LogP contribution in [0.15, 0.2) is 42.5 Å². The molecule has 24 heavy (non-hydrogen) atoms. The smallest absolute Gasteiger partial charge is 0.171 e. The molecule has 4 nitrogen and oxygen atoms in total. The van der Waals surface area contributed by atoms with Crippen LogP contribution in [-0.2, 0) is 0 Å². The minimum atomic E-state index is -0.394. The van der Waals surface area contributed by atoms with Crippen molar-refractivity contribution in [3.63, 3.8) is 0 Å². The highest BCUT2D eigenvalue weighted by Gasteiger charge is 2.11. The lowest BCUT2D eigenvalue weighted by Crippen LogP contribution is -2.30. The number of anilines is 1. The Kier molecular flexibility index (Phi) is 6.37. The van der Waals surface area contributed by atoms with Crippen LogP contribution in [0.4, 0.5) is 10.1 Å². The van der Waals surface area contributed by atoms with Gasteiger partial charge in [-0.05, 0) is 68.0 Å². The zero-order chi connectivity index (χ0) is 17.5. The van der Waals surface area contributed by atoms with Crippen LogP contribution in [0.5, 0.6) is 11.5 Å². The first-order chi connectivity index (χ1) is 11.5. The highest BCUT2D eigenvalue weighted by molar-refractivity contribution is 7.80. The van der Waals surface area contributed by atoms with E-state index >= 15 is 0 Å². The quantitative estimate of drug-likeness (QED) is 0.763. The number of hydrogen-bond acceptors (Lipinski definition) is 3. The van der Waals surface area contributed by atoms with E-state index in [1.54, 1.807) is 12.1 Å². The van der Waals surface area contributed by atoms with Gasteiger partial charge in [-0.3, -0.25) is 0 Å². The molecule has 0 aliphatic rings. The third-order valence-corrected chi connectivity index (χ3v) is 3.67. The van der Waals surface area contributed by atoms with Crippen LogP contribution in [0.1, 0.15) is 25.5 Å². The zero-order valence-corrected chi connectivity index (χ0v) is 14.7. The molecule has 2 N–H and O–H groups in total. The first kappa shape index (κ1) is 18.0. The van der Waals surface area contributed by atoms with E-state index in [1.807, 2.05) is 38.1 Å². The summed E-state index contributed by atoms with van der Waals surface area (Å²) in [6.45, 7) is 4.48. The van der Waals surface area contributed by atoms with Crippen LogP contribution in [0.25, 0.3) is 0 Å². The largest absolute Gasteiger partial charge is 0.494 e. The van der Waals surface area contributed by atoms with Crippen molar-refractivity contribution in [3.8, 4) is 11.5 Å². The second kappa shape index (κ2) is 8.49. The van der Waals surface area contributed by atoms with Gasteiger partial charge in [0, 0.05) is 5.69 Å². The summed E-state index contributed by atoms with van der Waals surface area (Å²) < 4.78 is 24.1. The molecule has 0 spiro atoms. The van der Waals surface area contributed by atoms with Gasteiger partial charge in [-0.25, -0.2) is 4.39 Å². The molecule has 0 aromatic heterocycles. The number of thiocarbonyl (C=S) groups is 1. The number of nitrogens with one attached hydrogen (secondary N) is 2. The Hall–Kier alpha value is -2.34. The minimum Gasteiger partial charge on any atom is -0.494 e. The fourth-order valence-electron chi connectivity index (χ4n) is 2.20. The number of benzene rings is 2. The Morgan fingerprint density at radius 2 is 1.92 bits per heavy atom. The highest BCUT2D eigenvalue weighted by Crippen LogP contribution is 2.22. The van der Waals surface area contributed by atoms with E-state index in [1.165, 1.54) is 13.2 Å². The van der Waals surface area contributed by atoms with Gasteiger partial charge in [0.15, 0.2) is 16.7 Å². The fraction of sp³-hybridized carbons (Fsp3) is 0.278. The number of hydrogen-bond donors (Lipinski definition) is 2. The minimum absolute atomic E-state index is 0.145. The molecule has 0 radical (unpaired) electrons. The number of methoxy groups -OCH3 is 1. The zero-order valence-electron chi connectivity index (χ0n) is 13.9. The van der Waals surface area contributed by atoms with Crippen LogP contribution in [-0.4, -0.2) is 18.8 Å². The molecular formula is C18H21FN2O2S. The van der Waals surface area contributed by atoms with E-state index in [0.717, 1.165) is 17.0 Å². The van der Waals surface area contributed by atoms with Gasteiger partial charge >= 0.3 is 0 Å². The molecule has 0 aliphatic carbocycles. The summed E-state index contributed by atoms with van der Waals surface area (Å²) in [7, 11) is 1.44. The van der Waals surface area contributed by atoms with E-state index in [-0.39, 0.29) is 11.8 Å². The Morgan fingerprint density at radius 3 is 2.50 bits per heavy atom. The van der Waals surface area contributed by atoms with Crippen LogP contribution in [0, 0.1) is 5.82 Å². The van der Waals surface area contributed by atoms with Gasteiger partial charge in [0.2, 0.25) is 0 Å². The SMILES string of the molecule is CCOc1ccc(NC(=S)N[C@@H](C)c2ccc(OC)c(F)c2)cc1. The van der Waals surface area contributed by atoms with Gasteiger partial charge in [-0.15, -0.1) is 0 Å². The molecule has 0 bridgehead atoms. The number of ether oxygens (including phenoxy) is 2. The third-order valence-electron chi connectivity index (χ3n) is 3.45. The molecule has 0 fully saturated rings. The van der Waals surface area contributed by atoms with Gasteiger partial charge < -0.3 is 20.1 Å². The summed E-state index contributed by atoms with van der Waals surface area (Å²) in [4.78, 5) is 0. The van der Waals surface area contributed by atoms with Crippen molar-refractivity contribution in [3.05, 3.63) is 53.8 Å². The van der Waals surface area contributed by atoms with Crippen LogP contribution < -0.4 is 20.1 Å². The summed E-state index contributed by atoms with van der Waals surface area (Å²) in [6.07, 6.45) is 0. The second-order valence-electron chi connectivity index (χ2n) is 5.17. The number of halogens is 1. The van der Waals surface area contributed by atoms with Crippen molar-refractivity contribution in [1.82, 2.24) is 5.32 Å². The maximum Gasteiger partial charge on any atom is 0.171 e. The third kappa shape index (κ3) is 4.83. The summed E-state index contributed by atoms with van der Waals surface area (Å²) in [5.41, 5.74) is 1.63. The maximum atomic E-state index is 13.8. The molecule has 0 heterocycles. The van der Waals surface area contributed by atoms with Crippen molar-refractivity contribution in [2.24, 2.45) is 0 Å². The average molecular weight is 348 g/mol. The summed E-state index contributed by atoms with van der Waals surface area (Å²) in [5, 5.41) is 6.69. The van der Waals surface area contributed by atoms with Crippen molar-refractivity contribution in [2.75, 3.05) is 19.0 Å². The molecule has 2 aromatic carbocycles. The molecule has 128 valence electrons. The lowest BCUT2D eigenvalue weighted by molar-refractivity contribution is 0.340. The predicted molar refractivity (Wildman–Crippen MR) is 98.3 cm³/mol. The van der Waals surface area contributed by atoms with E-state index < -0.39 is 5.82 Å². The van der Waals surface area contributed by atoms with E-state index in [4.69, 9.17) is 21.7 Å². The topological polar surface area (TPSA) is 42.5 Å². The van der Waals surface area contributed by atoms with Crippen LogP contribution >= 0.6 is 12.2 Å². The first-order valence-corrected chi connectivity index (χ1v) is 8.08. The van der Waals surface area contributed by atoms with Crippen LogP contribution in [0.2, 0.25) is 0 Å². The lowest BCUT2D eigenvalue weighted by Gasteiger charge is -2.18. The lowest BCUT2D eigenvalue weighted by atomic mass is 10.1. The molecule has 0 amide bonds. The Morgan fingerprint density at radius 1 is 1.21 bits per heavy atom. The normalized spacial score (nSPS) is 11.5. The molecule has 0 unspecified atom stereocenters. The van der Waals surface area contributed by atoms with Gasteiger partial charge in [-0.1, -0.05) is 6.07 Å². The van der Waals surface area contributed by atoms with Gasteiger partial charge in [0.25, 0.3) is 0 Å². The Balaban J connectivity index is 1.94. The molecule has 0 aliphatic heterocycles. The molecule has 1 atom stereocenters. The standard InChI is InChI=1S/C18H21FN2O2S/c1-4-23-15-8-6-14(7-9-15)21-18(24)20-12(2)13-5-10-17(22-3)16(19)11-13/h5-12H,4H2,1-3H3,(H2,20,21,24)/t12-/m0/s1. The summed E-state index contributed by atoms with van der Waals surface area (Å²) in [6, 6.07) is 12.2. The van der Waals surface area contributed by atoms with E-state index in [9.17, 15) is 4.39 Å². The fourth-order valence-corrected chi connectivity index (χ4v) is 2.49. The first-order valence-electron chi connectivity index (χ1n) is 7.67. The molecule has 0 saturated heterocycles. The summed E-state index contributed by atoms with van der Waals surface area (Å²) in [5.74, 6) is 0.638. The molecule has 6 heteroatoms. The van der Waals surface area contributed by atoms with Crippen LogP contribution in [0.3, 0.4) is 0 Å². The van der Waals surface area contributed by atoms with Gasteiger partial charge in [0.1, 0.15) is 5.75 Å². The van der Waals surface area contributed by atoms with Crippen molar-refractivity contribution < 1.29 is 13.9 Å². The van der Waals surface area contributed by atoms with Gasteiger partial charge in [-0.2, -0.15) is 0 Å². The molecule has 2 aromatic rings. The maximum absolute atomic E-state index is 13.8. The van der Waals surface area contributed by atoms with Crippen molar-refractivity contribution in [2.45, 2.75) is 19.9 Å². The number of rotatable bonds is 6. The van der Waals surface area contributed by atoms with Crippen molar-refractivity contribution in [1.29, 1.82) is 0 Å². The van der Waals surface area contributed by atoms with E-state index in [0.29, 0.717) is 11.7 Å². The Labute approximate surface area is 147 Å². The van der Waals surface area contributed by atoms with E-state index in [2.05, 4.69) is 10.6 Å². The monoisotopic (exact) mass is 348 g/mol. The highest BCUT2D eigenvalue weighted by atomic mass is 32.1. The molecular weight excluding hydrogens is 327 g/mol. The Bertz CT molecular complexity index is 692. The predicted octanol–water partition coefficient (Wildman–Crippen LogP) is 4.28. The van der Waals surface area contributed by atoms with Crippen molar-refractivity contribution >= 4 is 23.0 Å². The summed E-state index contributed by atoms with van der Waals surface area (Å²) >= 11 is 5.31. The molecule has 0 saturated carbocycles. The molecule has 2 rings (SSSR count). The average Bonchev–Trinajstić information content (AvgIpc) is 2.56.